The van der Waals surface area contributed by atoms with Gasteiger partial charge in [-0.05, 0) is 73.7 Å². The lowest BCUT2D eigenvalue weighted by Crippen LogP contribution is -2.21. The monoisotopic (exact) mass is 471 g/mol. The van der Waals surface area contributed by atoms with Crippen LogP contribution in [0.3, 0.4) is 0 Å². The second-order valence-electron chi connectivity index (χ2n) is 10.6. The van der Waals surface area contributed by atoms with Crippen molar-refractivity contribution < 1.29 is 19.4 Å². The van der Waals surface area contributed by atoms with E-state index in [9.17, 15) is 0 Å². The number of nitrogens with one attached hydrogen (secondary N) is 1. The van der Waals surface area contributed by atoms with Crippen LogP contribution in [0.1, 0.15) is 58.1 Å². The van der Waals surface area contributed by atoms with Crippen molar-refractivity contribution in [3.8, 4) is 11.5 Å². The van der Waals surface area contributed by atoms with Crippen LogP contribution in [0, 0.1) is 11.3 Å². The summed E-state index contributed by atoms with van der Waals surface area (Å²) in [5, 5.41) is 11.7. The van der Waals surface area contributed by atoms with Crippen LogP contribution < -0.4 is 14.8 Å². The summed E-state index contributed by atoms with van der Waals surface area (Å²) in [6.07, 6.45) is 5.83. The molecule has 188 valence electrons. The summed E-state index contributed by atoms with van der Waals surface area (Å²) < 4.78 is 11.9. The standard InChI is InChI=1S/C26H39N3O2.CH2O2/c1-18(2)17-27-25-21-16-26(3,4)15-20(21)19-13-23(30-5)24(14-22(19)28-25)31-12-8-11-29-9-6-7-10-29;2-1-3/h13-14,18H,6-12,15-17H2,1-5H3,(H,27,28);1H,(H,2,3). The van der Waals surface area contributed by atoms with Crippen molar-refractivity contribution in [2.75, 3.05) is 45.2 Å². The Bertz CT molecular complexity index is 968. The van der Waals surface area contributed by atoms with Gasteiger partial charge in [0, 0.05) is 24.5 Å². The lowest BCUT2D eigenvalue weighted by atomic mass is 9.90. The molecule has 7 nitrogen and oxygen atoms in total. The van der Waals surface area contributed by atoms with Crippen LogP contribution in [-0.4, -0.2) is 61.4 Å². The maximum Gasteiger partial charge on any atom is 0.290 e. The first-order valence-electron chi connectivity index (χ1n) is 12.5. The molecule has 4 rings (SSSR count). The molecule has 0 atom stereocenters. The van der Waals surface area contributed by atoms with Crippen LogP contribution in [-0.2, 0) is 17.6 Å². The summed E-state index contributed by atoms with van der Waals surface area (Å²) in [6.45, 7) is 14.1. The molecule has 2 N–H and O–H groups in total. The molecular formula is C27H41N3O4. The number of aromatic nitrogens is 1. The number of ether oxygens (including phenoxy) is 2. The van der Waals surface area contributed by atoms with Gasteiger partial charge in [0.15, 0.2) is 11.5 Å². The molecule has 1 aliphatic carbocycles. The van der Waals surface area contributed by atoms with E-state index in [0.29, 0.717) is 12.5 Å². The van der Waals surface area contributed by atoms with Gasteiger partial charge in [-0.3, -0.25) is 4.79 Å². The van der Waals surface area contributed by atoms with Gasteiger partial charge in [0.25, 0.3) is 6.47 Å². The quantitative estimate of drug-likeness (QED) is 0.393. The molecule has 1 fully saturated rings. The second kappa shape index (κ2) is 11.7. The number of benzene rings is 1. The Balaban J connectivity index is 0.00000103. The van der Waals surface area contributed by atoms with Gasteiger partial charge in [-0.2, -0.15) is 0 Å². The van der Waals surface area contributed by atoms with E-state index in [0.717, 1.165) is 55.2 Å². The molecule has 0 saturated carbocycles. The van der Waals surface area contributed by atoms with E-state index in [2.05, 4.69) is 50.0 Å². The van der Waals surface area contributed by atoms with Crippen LogP contribution in [0.2, 0.25) is 0 Å². The molecule has 2 aliphatic rings. The predicted octanol–water partition coefficient (Wildman–Crippen LogP) is 5.00. The van der Waals surface area contributed by atoms with E-state index >= 15 is 0 Å². The highest BCUT2D eigenvalue weighted by Gasteiger charge is 2.33. The maximum absolute atomic E-state index is 8.36. The molecule has 1 aliphatic heterocycles. The number of pyridine rings is 1. The molecule has 0 radical (unpaired) electrons. The first-order valence-corrected chi connectivity index (χ1v) is 12.5. The van der Waals surface area contributed by atoms with Gasteiger partial charge >= 0.3 is 0 Å². The van der Waals surface area contributed by atoms with Crippen LogP contribution in [0.5, 0.6) is 11.5 Å². The van der Waals surface area contributed by atoms with Crippen molar-refractivity contribution in [3.63, 3.8) is 0 Å². The minimum atomic E-state index is -0.250. The largest absolute Gasteiger partial charge is 0.493 e. The zero-order chi connectivity index (χ0) is 24.7. The molecule has 0 bridgehead atoms. The van der Waals surface area contributed by atoms with E-state index in [4.69, 9.17) is 24.4 Å². The summed E-state index contributed by atoms with van der Waals surface area (Å²) in [4.78, 5) is 15.9. The molecule has 0 amide bonds. The second-order valence-corrected chi connectivity index (χ2v) is 10.6. The number of carbonyl (C=O) groups is 1. The van der Waals surface area contributed by atoms with Gasteiger partial charge in [0.1, 0.15) is 5.82 Å². The number of hydrogen-bond donors (Lipinski definition) is 2. The van der Waals surface area contributed by atoms with Crippen LogP contribution in [0.15, 0.2) is 12.1 Å². The maximum atomic E-state index is 8.36. The minimum absolute atomic E-state index is 0.250. The Hall–Kier alpha value is -2.54. The van der Waals surface area contributed by atoms with Crippen molar-refractivity contribution in [1.29, 1.82) is 0 Å². The smallest absolute Gasteiger partial charge is 0.290 e. The third-order valence-corrected chi connectivity index (χ3v) is 6.55. The first kappa shape index (κ1) is 26.1. The molecule has 1 saturated heterocycles. The number of carboxylic acid groups (broad SMARTS) is 1. The van der Waals surface area contributed by atoms with E-state index in [1.165, 1.54) is 42.4 Å². The highest BCUT2D eigenvalue weighted by molar-refractivity contribution is 5.89. The van der Waals surface area contributed by atoms with E-state index in [1.54, 1.807) is 7.11 Å². The molecule has 1 aromatic carbocycles. The van der Waals surface area contributed by atoms with Crippen LogP contribution in [0.25, 0.3) is 10.9 Å². The lowest BCUT2D eigenvalue weighted by Gasteiger charge is -2.18. The number of nitrogens with zero attached hydrogens (tertiary/aromatic N) is 2. The van der Waals surface area contributed by atoms with E-state index < -0.39 is 0 Å². The Morgan fingerprint density at radius 3 is 2.50 bits per heavy atom. The number of likely N-dealkylation sites (tertiary alicyclic amines) is 1. The van der Waals surface area contributed by atoms with Gasteiger partial charge in [0.05, 0.1) is 19.2 Å². The summed E-state index contributed by atoms with van der Waals surface area (Å²) in [5.41, 5.74) is 4.04. The average molecular weight is 472 g/mol. The van der Waals surface area contributed by atoms with Gasteiger partial charge in [-0.1, -0.05) is 27.7 Å². The summed E-state index contributed by atoms with van der Waals surface area (Å²) >= 11 is 0. The molecule has 2 aromatic rings. The van der Waals surface area contributed by atoms with E-state index in [1.807, 2.05) is 0 Å². The van der Waals surface area contributed by atoms with Crippen LogP contribution in [0.4, 0.5) is 5.82 Å². The molecular weight excluding hydrogens is 430 g/mol. The van der Waals surface area contributed by atoms with Crippen molar-refractivity contribution in [2.24, 2.45) is 11.3 Å². The Labute approximate surface area is 203 Å². The van der Waals surface area contributed by atoms with Crippen molar-refractivity contribution in [3.05, 3.63) is 23.3 Å². The van der Waals surface area contributed by atoms with Gasteiger partial charge in [0.2, 0.25) is 0 Å². The normalized spacial score (nSPS) is 16.8. The van der Waals surface area contributed by atoms with Crippen molar-refractivity contribution in [2.45, 2.75) is 59.8 Å². The Morgan fingerprint density at radius 1 is 1.18 bits per heavy atom. The van der Waals surface area contributed by atoms with E-state index in [-0.39, 0.29) is 11.9 Å². The summed E-state index contributed by atoms with van der Waals surface area (Å²) in [7, 11) is 1.73. The van der Waals surface area contributed by atoms with Crippen LogP contribution >= 0.6 is 0 Å². The van der Waals surface area contributed by atoms with Gasteiger partial charge < -0.3 is 24.8 Å². The third-order valence-electron chi connectivity index (χ3n) is 6.55. The molecule has 1 aromatic heterocycles. The fourth-order valence-corrected chi connectivity index (χ4v) is 4.98. The molecule has 0 unspecified atom stereocenters. The Morgan fingerprint density at radius 2 is 1.85 bits per heavy atom. The average Bonchev–Trinajstić information content (AvgIpc) is 3.41. The minimum Gasteiger partial charge on any atom is -0.493 e. The summed E-state index contributed by atoms with van der Waals surface area (Å²) in [5.74, 6) is 3.24. The van der Waals surface area contributed by atoms with Crippen molar-refractivity contribution in [1.82, 2.24) is 9.88 Å². The lowest BCUT2D eigenvalue weighted by molar-refractivity contribution is -0.122. The number of anilines is 1. The van der Waals surface area contributed by atoms with Crippen molar-refractivity contribution >= 4 is 23.2 Å². The van der Waals surface area contributed by atoms with Gasteiger partial charge in [-0.25, -0.2) is 4.98 Å². The Kier molecular flexibility index (Phi) is 9.00. The summed E-state index contributed by atoms with van der Waals surface area (Å²) in [6, 6.07) is 4.22. The fraction of sp³-hybridized carbons (Fsp3) is 0.630. The highest BCUT2D eigenvalue weighted by Crippen LogP contribution is 2.44. The zero-order valence-corrected chi connectivity index (χ0v) is 21.4. The third kappa shape index (κ3) is 6.53. The first-order chi connectivity index (χ1) is 16.3. The predicted molar refractivity (Wildman–Crippen MR) is 137 cm³/mol. The fourth-order valence-electron chi connectivity index (χ4n) is 4.98. The molecule has 34 heavy (non-hydrogen) atoms. The topological polar surface area (TPSA) is 83.9 Å². The SMILES string of the molecule is COc1cc2c3c(c(NCC(C)C)nc2cc1OCCCN1CCCC1)CC(C)(C)C3.O=CO. The number of rotatable bonds is 9. The zero-order valence-electron chi connectivity index (χ0n) is 21.4. The number of methoxy groups -OCH3 is 1. The molecule has 7 heteroatoms. The molecule has 2 heterocycles. The number of fused-ring (bicyclic) bond motifs is 3. The molecule has 0 spiro atoms. The van der Waals surface area contributed by atoms with Gasteiger partial charge in [-0.15, -0.1) is 0 Å². The highest BCUT2D eigenvalue weighted by atomic mass is 16.5. The number of hydrogen-bond acceptors (Lipinski definition) is 6.